The highest BCUT2D eigenvalue weighted by molar-refractivity contribution is 9.10. The molecule has 1 aliphatic heterocycles. The molecule has 0 N–H and O–H groups in total. The fourth-order valence-corrected chi connectivity index (χ4v) is 3.87. The molecule has 0 aliphatic carbocycles. The summed E-state index contributed by atoms with van der Waals surface area (Å²) >= 11 is 4.86. The Labute approximate surface area is 172 Å². The van der Waals surface area contributed by atoms with Gasteiger partial charge in [-0.2, -0.15) is 0 Å². The monoisotopic (exact) mass is 444 g/mol. The summed E-state index contributed by atoms with van der Waals surface area (Å²) in [5.41, 5.74) is 1.80. The zero-order valence-electron chi connectivity index (χ0n) is 15.3. The number of hydrogen-bond donors (Lipinski definition) is 0. The number of amidine groups is 1. The first-order valence-corrected chi connectivity index (χ1v) is 10.4. The summed E-state index contributed by atoms with van der Waals surface area (Å²) in [6.45, 7) is 2.79. The summed E-state index contributed by atoms with van der Waals surface area (Å²) in [6.07, 6.45) is 3.89. The summed E-state index contributed by atoms with van der Waals surface area (Å²) in [7, 11) is 1.64. The Morgan fingerprint density at radius 3 is 2.48 bits per heavy atom. The highest BCUT2D eigenvalue weighted by atomic mass is 79.9. The van der Waals surface area contributed by atoms with Gasteiger partial charge in [0, 0.05) is 11.0 Å². The molecule has 1 aliphatic rings. The van der Waals surface area contributed by atoms with Crippen molar-refractivity contribution < 1.29 is 9.53 Å². The maximum atomic E-state index is 12.9. The van der Waals surface area contributed by atoms with Gasteiger partial charge >= 0.3 is 0 Å². The van der Waals surface area contributed by atoms with Crippen molar-refractivity contribution in [1.29, 1.82) is 0 Å². The second kappa shape index (κ2) is 9.24. The second-order valence-corrected chi connectivity index (χ2v) is 7.99. The van der Waals surface area contributed by atoms with Crippen molar-refractivity contribution in [2.24, 2.45) is 4.99 Å². The van der Waals surface area contributed by atoms with Crippen molar-refractivity contribution in [3.05, 3.63) is 63.5 Å². The van der Waals surface area contributed by atoms with Gasteiger partial charge in [-0.05, 0) is 66.2 Å². The van der Waals surface area contributed by atoms with Crippen LogP contribution in [0.3, 0.4) is 0 Å². The Morgan fingerprint density at radius 2 is 1.85 bits per heavy atom. The Kier molecular flexibility index (Phi) is 6.74. The van der Waals surface area contributed by atoms with Crippen molar-refractivity contribution >= 4 is 50.5 Å². The van der Waals surface area contributed by atoms with Gasteiger partial charge in [0.1, 0.15) is 5.75 Å². The Hall–Kier alpha value is -2.05. The van der Waals surface area contributed by atoms with Crippen LogP contribution in [0.4, 0.5) is 5.69 Å². The molecule has 0 atom stereocenters. The van der Waals surface area contributed by atoms with Gasteiger partial charge in [0.25, 0.3) is 5.91 Å². The fraction of sp³-hybridized carbons (Fsp3) is 0.238. The van der Waals surface area contributed by atoms with Crippen LogP contribution in [0.1, 0.15) is 25.3 Å². The number of amides is 1. The standard InChI is InChI=1S/C21H21BrN2O2S/c1-3-4-13-24-20(25)19(14-15-5-7-16(22)8-6-15)27-21(24)23-17-9-11-18(26-2)12-10-17/h5-12,14H,3-4,13H2,1-2H3. The number of carbonyl (C=O) groups excluding carboxylic acids is 1. The van der Waals surface area contributed by atoms with Gasteiger partial charge < -0.3 is 4.74 Å². The van der Waals surface area contributed by atoms with Crippen LogP contribution in [-0.2, 0) is 4.79 Å². The highest BCUT2D eigenvalue weighted by Gasteiger charge is 2.32. The molecule has 1 fully saturated rings. The maximum absolute atomic E-state index is 12.9. The van der Waals surface area contributed by atoms with E-state index in [1.807, 2.05) is 54.6 Å². The molecule has 0 unspecified atom stereocenters. The van der Waals surface area contributed by atoms with Crippen LogP contribution >= 0.6 is 27.7 Å². The number of hydrogen-bond acceptors (Lipinski definition) is 4. The van der Waals surface area contributed by atoms with Gasteiger partial charge in [-0.25, -0.2) is 4.99 Å². The molecule has 0 bridgehead atoms. The smallest absolute Gasteiger partial charge is 0.266 e. The third-order valence-corrected chi connectivity index (χ3v) is 5.62. The third-order valence-electron chi connectivity index (χ3n) is 4.09. The van der Waals surface area contributed by atoms with Crippen LogP contribution in [-0.4, -0.2) is 29.6 Å². The van der Waals surface area contributed by atoms with Crippen LogP contribution in [0.25, 0.3) is 6.08 Å². The largest absolute Gasteiger partial charge is 0.497 e. The van der Waals surface area contributed by atoms with Crippen molar-refractivity contribution in [2.45, 2.75) is 19.8 Å². The highest BCUT2D eigenvalue weighted by Crippen LogP contribution is 2.34. The van der Waals surface area contributed by atoms with Crippen molar-refractivity contribution in [1.82, 2.24) is 4.90 Å². The number of halogens is 1. The number of carbonyl (C=O) groups is 1. The minimum atomic E-state index is 0.0173. The van der Waals surface area contributed by atoms with Gasteiger partial charge in [-0.1, -0.05) is 41.4 Å². The molecule has 2 aromatic carbocycles. The molecule has 0 aromatic heterocycles. The zero-order chi connectivity index (χ0) is 19.2. The van der Waals surface area contributed by atoms with Gasteiger partial charge in [-0.3, -0.25) is 9.69 Å². The van der Waals surface area contributed by atoms with Gasteiger partial charge in [0.2, 0.25) is 0 Å². The van der Waals surface area contributed by atoms with Gasteiger partial charge in [-0.15, -0.1) is 0 Å². The molecule has 1 heterocycles. The normalized spacial score (nSPS) is 17.1. The maximum Gasteiger partial charge on any atom is 0.266 e. The molecular weight excluding hydrogens is 424 g/mol. The molecule has 0 saturated carbocycles. The first-order valence-electron chi connectivity index (χ1n) is 8.80. The van der Waals surface area contributed by atoms with E-state index in [1.54, 1.807) is 12.0 Å². The minimum Gasteiger partial charge on any atom is -0.497 e. The predicted octanol–water partition coefficient (Wildman–Crippen LogP) is 5.86. The molecule has 27 heavy (non-hydrogen) atoms. The van der Waals surface area contributed by atoms with E-state index in [4.69, 9.17) is 9.73 Å². The number of methoxy groups -OCH3 is 1. The SMILES string of the molecule is CCCCN1C(=O)C(=Cc2ccc(Br)cc2)SC1=Nc1ccc(OC)cc1. The number of unbranched alkanes of at least 4 members (excludes halogenated alkanes) is 1. The molecule has 4 nitrogen and oxygen atoms in total. The summed E-state index contributed by atoms with van der Waals surface area (Å²) < 4.78 is 6.21. The van der Waals surface area contributed by atoms with E-state index in [0.717, 1.165) is 39.5 Å². The van der Waals surface area contributed by atoms with Crippen LogP contribution in [0, 0.1) is 0 Å². The number of nitrogens with zero attached hydrogens (tertiary/aromatic N) is 2. The molecule has 3 rings (SSSR count). The van der Waals surface area contributed by atoms with E-state index in [1.165, 1.54) is 11.8 Å². The Morgan fingerprint density at radius 1 is 1.15 bits per heavy atom. The molecule has 1 saturated heterocycles. The topological polar surface area (TPSA) is 41.9 Å². The van der Waals surface area contributed by atoms with Crippen molar-refractivity contribution in [3.63, 3.8) is 0 Å². The summed E-state index contributed by atoms with van der Waals surface area (Å²) in [5.74, 6) is 0.802. The van der Waals surface area contributed by atoms with E-state index >= 15 is 0 Å². The van der Waals surface area contributed by atoms with E-state index < -0.39 is 0 Å². The van der Waals surface area contributed by atoms with E-state index in [2.05, 4.69) is 22.9 Å². The lowest BCUT2D eigenvalue weighted by Gasteiger charge is -2.14. The average Bonchev–Trinajstić information content (AvgIpc) is 2.97. The van der Waals surface area contributed by atoms with Crippen LogP contribution in [0.2, 0.25) is 0 Å². The first-order chi connectivity index (χ1) is 13.1. The molecule has 1 amide bonds. The average molecular weight is 445 g/mol. The van der Waals surface area contributed by atoms with E-state index in [-0.39, 0.29) is 5.91 Å². The fourth-order valence-electron chi connectivity index (χ4n) is 2.58. The number of aliphatic imine (C=N–C) groups is 1. The number of benzene rings is 2. The second-order valence-electron chi connectivity index (χ2n) is 6.06. The van der Waals surface area contributed by atoms with Crippen LogP contribution in [0.15, 0.2) is 62.9 Å². The zero-order valence-corrected chi connectivity index (χ0v) is 17.7. The van der Waals surface area contributed by atoms with Crippen LogP contribution in [0.5, 0.6) is 5.75 Å². The van der Waals surface area contributed by atoms with Crippen molar-refractivity contribution in [2.75, 3.05) is 13.7 Å². The Balaban J connectivity index is 1.89. The summed E-state index contributed by atoms with van der Waals surface area (Å²) in [4.78, 5) is 20.1. The quantitative estimate of drug-likeness (QED) is 0.523. The van der Waals surface area contributed by atoms with Crippen molar-refractivity contribution in [3.8, 4) is 5.75 Å². The molecule has 0 radical (unpaired) electrons. The molecule has 140 valence electrons. The lowest BCUT2D eigenvalue weighted by molar-refractivity contribution is -0.122. The number of rotatable bonds is 6. The molecule has 2 aromatic rings. The number of thioether (sulfide) groups is 1. The third kappa shape index (κ3) is 5.02. The number of ether oxygens (including phenoxy) is 1. The molecule has 0 spiro atoms. The molecule has 6 heteroatoms. The van der Waals surface area contributed by atoms with Crippen LogP contribution < -0.4 is 4.74 Å². The molecular formula is C21H21BrN2O2S. The lowest BCUT2D eigenvalue weighted by atomic mass is 10.2. The predicted molar refractivity (Wildman–Crippen MR) is 116 cm³/mol. The summed E-state index contributed by atoms with van der Waals surface area (Å²) in [6, 6.07) is 15.4. The van der Waals surface area contributed by atoms with Gasteiger partial charge in [0.15, 0.2) is 5.17 Å². The first kappa shape index (κ1) is 19.7. The Bertz CT molecular complexity index is 861. The van der Waals surface area contributed by atoms with E-state index in [0.29, 0.717) is 11.4 Å². The summed E-state index contributed by atoms with van der Waals surface area (Å²) in [5, 5.41) is 0.724. The van der Waals surface area contributed by atoms with Gasteiger partial charge in [0.05, 0.1) is 17.7 Å². The lowest BCUT2D eigenvalue weighted by Crippen LogP contribution is -2.30. The minimum absolute atomic E-state index is 0.0173. The van der Waals surface area contributed by atoms with E-state index in [9.17, 15) is 4.79 Å².